The Kier molecular flexibility index (Phi) is 3.11. The van der Waals surface area contributed by atoms with E-state index in [0.717, 1.165) is 15.8 Å². The number of thiophene rings is 1. The number of rotatable bonds is 4. The Labute approximate surface area is 111 Å². The Hall–Kier alpha value is -1.67. The molecule has 0 N–H and O–H groups in total. The second kappa shape index (κ2) is 4.91. The lowest BCUT2D eigenvalue weighted by molar-refractivity contribution is 0.816. The molecule has 0 spiro atoms. The van der Waals surface area contributed by atoms with E-state index in [9.17, 15) is 0 Å². The van der Waals surface area contributed by atoms with Crippen LogP contribution in [0.15, 0.2) is 34.1 Å². The normalized spacial score (nSPS) is 11.8. The zero-order valence-corrected chi connectivity index (χ0v) is 11.2. The maximum atomic E-state index is 4.32. The molecule has 0 aliphatic heterocycles. The molecule has 18 heavy (non-hydrogen) atoms. The topological polar surface area (TPSA) is 60.4 Å². The fourth-order valence-corrected chi connectivity index (χ4v) is 2.63. The Morgan fingerprint density at radius 1 is 1.50 bits per heavy atom. The van der Waals surface area contributed by atoms with Gasteiger partial charge in [-0.25, -0.2) is 0 Å². The van der Waals surface area contributed by atoms with Crippen LogP contribution in [0.1, 0.15) is 11.8 Å². The number of fused-ring (bicyclic) bond motifs is 1. The quantitative estimate of drug-likeness (QED) is 0.541. The molecule has 6 nitrogen and oxygen atoms in total. The Morgan fingerprint density at radius 3 is 3.22 bits per heavy atom. The molecule has 0 atom stereocenters. The second-order valence-corrected chi connectivity index (χ2v) is 5.57. The van der Waals surface area contributed by atoms with Crippen LogP contribution >= 0.6 is 23.1 Å². The highest BCUT2D eigenvalue weighted by molar-refractivity contribution is 7.99. The van der Waals surface area contributed by atoms with Crippen LogP contribution in [0.4, 0.5) is 0 Å². The van der Waals surface area contributed by atoms with E-state index in [4.69, 9.17) is 0 Å². The van der Waals surface area contributed by atoms with Crippen LogP contribution in [0.3, 0.4) is 0 Å². The summed E-state index contributed by atoms with van der Waals surface area (Å²) in [5.74, 6) is 1.56. The average molecular weight is 278 g/mol. The van der Waals surface area contributed by atoms with Crippen molar-refractivity contribution in [2.75, 3.05) is 5.75 Å². The number of aromatic nitrogens is 5. The molecule has 0 bridgehead atoms. The minimum Gasteiger partial charge on any atom is -0.184 e. The predicted octanol–water partition coefficient (Wildman–Crippen LogP) is 1.98. The average Bonchev–Trinajstić information content (AvgIpc) is 3.05. The zero-order chi connectivity index (χ0) is 12.4. The van der Waals surface area contributed by atoms with E-state index in [-0.39, 0.29) is 0 Å². The lowest BCUT2D eigenvalue weighted by Crippen LogP contribution is -1.89. The molecule has 8 heteroatoms. The van der Waals surface area contributed by atoms with E-state index in [2.05, 4.69) is 27.3 Å². The monoisotopic (exact) mass is 278 g/mol. The summed E-state index contributed by atoms with van der Waals surface area (Å²) in [7, 11) is 0. The van der Waals surface area contributed by atoms with Gasteiger partial charge in [0.2, 0.25) is 5.16 Å². The summed E-state index contributed by atoms with van der Waals surface area (Å²) >= 11 is 3.24. The first kappa shape index (κ1) is 11.4. The predicted molar refractivity (Wildman–Crippen MR) is 72.5 cm³/mol. The van der Waals surface area contributed by atoms with Crippen LogP contribution in [0.2, 0.25) is 0 Å². The summed E-state index contributed by atoms with van der Waals surface area (Å²) in [4.78, 5) is 1.09. The van der Waals surface area contributed by atoms with Gasteiger partial charge >= 0.3 is 0 Å². The highest BCUT2D eigenvalue weighted by Crippen LogP contribution is 2.15. The van der Waals surface area contributed by atoms with Crippen molar-refractivity contribution in [1.82, 2.24) is 24.5 Å². The maximum absolute atomic E-state index is 4.32. The van der Waals surface area contributed by atoms with Gasteiger partial charge in [-0.2, -0.15) is 19.4 Å². The fourth-order valence-electron chi connectivity index (χ4n) is 1.44. The van der Waals surface area contributed by atoms with Crippen LogP contribution in [-0.2, 0) is 0 Å². The minimum absolute atomic E-state index is 0.624. The molecule has 0 saturated heterocycles. The molecule has 0 fully saturated rings. The van der Waals surface area contributed by atoms with Gasteiger partial charge in [-0.1, -0.05) is 24.8 Å². The third-order valence-electron chi connectivity index (χ3n) is 2.20. The molecule has 0 aliphatic carbocycles. The molecule has 0 unspecified atom stereocenters. The van der Waals surface area contributed by atoms with Gasteiger partial charge < -0.3 is 0 Å². The summed E-state index contributed by atoms with van der Waals surface area (Å²) in [6.07, 6.45) is 3.42. The molecule has 3 rings (SSSR count). The van der Waals surface area contributed by atoms with Crippen LogP contribution in [0, 0.1) is 0 Å². The van der Waals surface area contributed by atoms with Crippen molar-refractivity contribution in [3.05, 3.63) is 28.7 Å². The number of thioether (sulfide) groups is 1. The minimum atomic E-state index is 0.624. The van der Waals surface area contributed by atoms with Crippen molar-refractivity contribution >= 4 is 35.1 Å². The largest absolute Gasteiger partial charge is 0.275 e. The molecule has 0 amide bonds. The van der Waals surface area contributed by atoms with Crippen molar-refractivity contribution in [2.45, 2.75) is 12.1 Å². The van der Waals surface area contributed by atoms with Gasteiger partial charge in [0.15, 0.2) is 0 Å². The molecular formula is C10H10N6S2. The van der Waals surface area contributed by atoms with Crippen LogP contribution < -0.4 is 0 Å². The van der Waals surface area contributed by atoms with Crippen molar-refractivity contribution in [1.29, 1.82) is 0 Å². The molecule has 0 radical (unpaired) electrons. The zero-order valence-electron chi connectivity index (χ0n) is 9.59. The van der Waals surface area contributed by atoms with E-state index in [0.29, 0.717) is 5.78 Å². The highest BCUT2D eigenvalue weighted by Gasteiger charge is 2.10. The summed E-state index contributed by atoms with van der Waals surface area (Å²) in [5.41, 5.74) is 0. The van der Waals surface area contributed by atoms with E-state index >= 15 is 0 Å². The third kappa shape index (κ3) is 2.04. The van der Waals surface area contributed by atoms with E-state index < -0.39 is 0 Å². The number of nitrogens with zero attached hydrogens (tertiary/aromatic N) is 6. The van der Waals surface area contributed by atoms with Crippen molar-refractivity contribution in [3.8, 4) is 0 Å². The maximum Gasteiger partial charge on any atom is 0.275 e. The summed E-state index contributed by atoms with van der Waals surface area (Å²) < 4.78 is 3.31. The summed E-state index contributed by atoms with van der Waals surface area (Å²) in [5, 5.41) is 19.5. The van der Waals surface area contributed by atoms with Gasteiger partial charge in [0, 0.05) is 4.88 Å². The van der Waals surface area contributed by atoms with Crippen LogP contribution in [0.5, 0.6) is 0 Å². The second-order valence-electron chi connectivity index (χ2n) is 3.36. The van der Waals surface area contributed by atoms with E-state index in [1.807, 2.05) is 17.5 Å². The Bertz CT molecular complexity index is 666. The molecule has 0 aromatic carbocycles. The molecule has 0 saturated carbocycles. The standard InChI is InChI=1S/C10H10N6S2/c1-2-17-10-14-13-9-15(7-12-16(9)10)11-6-8-4-3-5-18-8/h3-7H,2H2,1H3. The van der Waals surface area contributed by atoms with Gasteiger partial charge in [-0.05, 0) is 17.2 Å². The molecule has 3 aromatic rings. The van der Waals surface area contributed by atoms with Crippen LogP contribution in [0.25, 0.3) is 5.78 Å². The van der Waals surface area contributed by atoms with Crippen molar-refractivity contribution in [2.24, 2.45) is 5.10 Å². The fraction of sp³-hybridized carbons (Fsp3) is 0.200. The summed E-state index contributed by atoms with van der Waals surface area (Å²) in [6, 6.07) is 3.99. The lowest BCUT2D eigenvalue weighted by Gasteiger charge is -1.89. The Morgan fingerprint density at radius 2 is 2.44 bits per heavy atom. The van der Waals surface area contributed by atoms with Gasteiger partial charge in [0.05, 0.1) is 6.21 Å². The number of hydrogen-bond acceptors (Lipinski definition) is 6. The lowest BCUT2D eigenvalue weighted by atomic mass is 10.5. The Balaban J connectivity index is 1.93. The van der Waals surface area contributed by atoms with Crippen molar-refractivity contribution in [3.63, 3.8) is 0 Å². The van der Waals surface area contributed by atoms with Crippen LogP contribution in [-0.4, -0.2) is 36.5 Å². The first-order valence-electron chi connectivity index (χ1n) is 5.38. The molecule has 3 heterocycles. The van der Waals surface area contributed by atoms with E-state index in [1.165, 1.54) is 0 Å². The van der Waals surface area contributed by atoms with Gasteiger partial charge in [-0.3, -0.25) is 0 Å². The van der Waals surface area contributed by atoms with Crippen molar-refractivity contribution < 1.29 is 0 Å². The molecule has 3 aromatic heterocycles. The molecule has 0 aliphatic rings. The van der Waals surface area contributed by atoms with Gasteiger partial charge in [-0.15, -0.1) is 21.5 Å². The smallest absolute Gasteiger partial charge is 0.184 e. The highest BCUT2D eigenvalue weighted by atomic mass is 32.2. The first-order chi connectivity index (χ1) is 8.88. The molecule has 92 valence electrons. The number of hydrogen-bond donors (Lipinski definition) is 0. The first-order valence-corrected chi connectivity index (χ1v) is 7.24. The third-order valence-corrected chi connectivity index (χ3v) is 3.81. The van der Waals surface area contributed by atoms with Gasteiger partial charge in [0.1, 0.15) is 6.33 Å². The van der Waals surface area contributed by atoms with Gasteiger partial charge in [0.25, 0.3) is 5.78 Å². The summed E-state index contributed by atoms with van der Waals surface area (Å²) in [6.45, 7) is 2.07. The SMILES string of the molecule is CCSc1nnc2n(N=Cc3cccs3)cnn12. The van der Waals surface area contributed by atoms with E-state index in [1.54, 1.807) is 44.8 Å². The molecular weight excluding hydrogens is 268 g/mol.